The van der Waals surface area contributed by atoms with Gasteiger partial charge in [-0.2, -0.15) is 5.10 Å². The van der Waals surface area contributed by atoms with E-state index in [9.17, 15) is 20.0 Å². The molecule has 0 fully saturated rings. The predicted octanol–water partition coefficient (Wildman–Crippen LogP) is -0.356. The van der Waals surface area contributed by atoms with Crippen LogP contribution in [0, 0.1) is 10.1 Å². The fraction of sp³-hybridized carbons (Fsp3) is 0.500. The molecule has 1 aromatic rings. The molecule has 0 amide bonds. The number of carbonyl (C=O) groups is 1. The lowest BCUT2D eigenvalue weighted by Crippen LogP contribution is -2.26. The van der Waals surface area contributed by atoms with Crippen molar-refractivity contribution in [2.75, 3.05) is 0 Å². The van der Waals surface area contributed by atoms with Gasteiger partial charge in [0.05, 0.1) is 10.9 Å². The molecule has 0 saturated heterocycles. The molecule has 0 bridgehead atoms. The van der Waals surface area contributed by atoms with Gasteiger partial charge in [-0.15, -0.1) is 0 Å². The number of aryl methyl sites for hydroxylation is 2. The van der Waals surface area contributed by atoms with E-state index in [1.165, 1.54) is 7.05 Å². The van der Waals surface area contributed by atoms with Crippen LogP contribution in [0.15, 0.2) is 0 Å². The Morgan fingerprint density at radius 2 is 2.20 bits per heavy atom. The summed E-state index contributed by atoms with van der Waals surface area (Å²) in [6.07, 6.45) is 1.03. The zero-order valence-electron chi connectivity index (χ0n) is 8.39. The van der Waals surface area contributed by atoms with Crippen molar-refractivity contribution >= 4 is 11.7 Å². The molecule has 1 heterocycles. The fourth-order valence-electron chi connectivity index (χ4n) is 1.39. The van der Waals surface area contributed by atoms with Crippen LogP contribution >= 0.6 is 0 Å². The maximum atomic E-state index is 10.7. The van der Waals surface area contributed by atoms with E-state index in [4.69, 9.17) is 0 Å². The highest BCUT2D eigenvalue weighted by atomic mass is 16.6. The van der Waals surface area contributed by atoms with Crippen LogP contribution in [0.2, 0.25) is 0 Å². The first-order valence-corrected chi connectivity index (χ1v) is 4.40. The number of carbonyl (C=O) groups excluding carboxylic acids is 1. The zero-order chi connectivity index (χ0) is 11.6. The van der Waals surface area contributed by atoms with Crippen LogP contribution in [0.1, 0.15) is 29.5 Å². The number of nitro groups is 1. The van der Waals surface area contributed by atoms with E-state index in [1.54, 1.807) is 0 Å². The summed E-state index contributed by atoms with van der Waals surface area (Å²) in [6.45, 7) is 1.83. The lowest BCUT2D eigenvalue weighted by Gasteiger charge is -2.00. The first kappa shape index (κ1) is 11.2. The largest absolute Gasteiger partial charge is 0.543 e. The number of aromatic carboxylic acids is 1. The summed E-state index contributed by atoms with van der Waals surface area (Å²) in [7, 11) is 1.34. The van der Waals surface area contributed by atoms with E-state index in [2.05, 4.69) is 5.10 Å². The summed E-state index contributed by atoms with van der Waals surface area (Å²) < 4.78 is 0.971. The first-order chi connectivity index (χ1) is 6.99. The molecule has 0 aliphatic heterocycles. The van der Waals surface area contributed by atoms with Gasteiger partial charge in [0.2, 0.25) is 0 Å². The predicted molar refractivity (Wildman–Crippen MR) is 48.2 cm³/mol. The van der Waals surface area contributed by atoms with Gasteiger partial charge in [0.1, 0.15) is 5.69 Å². The molecular weight excluding hydrogens is 202 g/mol. The fourth-order valence-corrected chi connectivity index (χ4v) is 1.39. The molecule has 15 heavy (non-hydrogen) atoms. The van der Waals surface area contributed by atoms with Crippen LogP contribution in [0.5, 0.6) is 0 Å². The molecule has 0 unspecified atom stereocenters. The molecule has 0 aromatic carbocycles. The lowest BCUT2D eigenvalue weighted by atomic mass is 10.2. The van der Waals surface area contributed by atoms with Gasteiger partial charge in [-0.1, -0.05) is 13.3 Å². The molecule has 0 aliphatic carbocycles. The maximum absolute atomic E-state index is 10.7. The maximum Gasteiger partial charge on any atom is 0.319 e. The molecular formula is C8H10N3O4-. The first-order valence-electron chi connectivity index (χ1n) is 4.40. The molecule has 82 valence electrons. The van der Waals surface area contributed by atoms with Gasteiger partial charge in [0.25, 0.3) is 0 Å². The minimum Gasteiger partial charge on any atom is -0.543 e. The van der Waals surface area contributed by atoms with E-state index in [1.807, 2.05) is 6.92 Å². The summed E-state index contributed by atoms with van der Waals surface area (Å²) >= 11 is 0. The Hall–Kier alpha value is -1.92. The number of carboxylic acid groups (broad SMARTS) is 1. The molecule has 7 heteroatoms. The summed E-state index contributed by atoms with van der Waals surface area (Å²) in [5.41, 5.74) is -0.757. The van der Waals surface area contributed by atoms with Gasteiger partial charge >= 0.3 is 5.69 Å². The van der Waals surface area contributed by atoms with Gasteiger partial charge in [-0.25, -0.2) is 0 Å². The molecule has 0 aliphatic rings. The molecule has 0 radical (unpaired) electrons. The van der Waals surface area contributed by atoms with Gasteiger partial charge < -0.3 is 9.90 Å². The second-order valence-electron chi connectivity index (χ2n) is 3.06. The molecule has 1 aromatic heterocycles. The van der Waals surface area contributed by atoms with Crippen molar-refractivity contribution in [3.63, 3.8) is 0 Å². The van der Waals surface area contributed by atoms with Crippen LogP contribution in [0.25, 0.3) is 0 Å². The summed E-state index contributed by atoms with van der Waals surface area (Å²) in [5.74, 6) is -1.58. The molecule has 0 atom stereocenters. The van der Waals surface area contributed by atoms with Crippen LogP contribution in [0.3, 0.4) is 0 Å². The smallest absolute Gasteiger partial charge is 0.319 e. The van der Waals surface area contributed by atoms with E-state index in [-0.39, 0.29) is 5.69 Å². The molecule has 0 N–H and O–H groups in total. The second-order valence-corrected chi connectivity index (χ2v) is 3.06. The van der Waals surface area contributed by atoms with Crippen molar-refractivity contribution in [1.29, 1.82) is 0 Å². The van der Waals surface area contributed by atoms with Crippen LogP contribution < -0.4 is 5.11 Å². The van der Waals surface area contributed by atoms with Gasteiger partial charge in [-0.3, -0.25) is 14.8 Å². The van der Waals surface area contributed by atoms with Crippen molar-refractivity contribution in [3.05, 3.63) is 21.5 Å². The monoisotopic (exact) mass is 212 g/mol. The Bertz CT molecular complexity index is 410. The van der Waals surface area contributed by atoms with Crippen LogP contribution in [-0.2, 0) is 13.5 Å². The number of aromatic nitrogens is 2. The normalized spacial score (nSPS) is 10.3. The molecule has 7 nitrogen and oxygen atoms in total. The Labute approximate surface area is 85.5 Å². The van der Waals surface area contributed by atoms with Crippen LogP contribution in [-0.4, -0.2) is 20.7 Å². The average Bonchev–Trinajstić information content (AvgIpc) is 2.42. The topological polar surface area (TPSA) is 101 Å². The van der Waals surface area contributed by atoms with Gasteiger partial charge in [-0.05, 0) is 6.42 Å². The quantitative estimate of drug-likeness (QED) is 0.501. The van der Waals surface area contributed by atoms with Gasteiger partial charge in [0.15, 0.2) is 5.69 Å². The van der Waals surface area contributed by atoms with Crippen molar-refractivity contribution in [1.82, 2.24) is 9.78 Å². The Balaban J connectivity index is 3.37. The average molecular weight is 212 g/mol. The van der Waals surface area contributed by atoms with E-state index >= 15 is 0 Å². The zero-order valence-corrected chi connectivity index (χ0v) is 8.39. The number of hydrogen-bond donors (Lipinski definition) is 0. The third kappa shape index (κ3) is 1.95. The third-order valence-corrected chi connectivity index (χ3v) is 1.95. The highest BCUT2D eigenvalue weighted by molar-refractivity contribution is 5.89. The van der Waals surface area contributed by atoms with Gasteiger partial charge in [0, 0.05) is 7.05 Å². The van der Waals surface area contributed by atoms with Crippen molar-refractivity contribution < 1.29 is 14.8 Å². The Kier molecular flexibility index (Phi) is 3.03. The third-order valence-electron chi connectivity index (χ3n) is 1.95. The van der Waals surface area contributed by atoms with E-state index < -0.39 is 22.3 Å². The van der Waals surface area contributed by atoms with Crippen molar-refractivity contribution in [2.45, 2.75) is 19.8 Å². The van der Waals surface area contributed by atoms with E-state index in [0.29, 0.717) is 12.8 Å². The number of hydrogen-bond acceptors (Lipinski definition) is 5. The number of rotatable bonds is 4. The second kappa shape index (κ2) is 4.07. The summed E-state index contributed by atoms with van der Waals surface area (Å²) in [4.78, 5) is 20.7. The SMILES string of the molecule is CCCc1nn(C)c(C(=O)[O-])c1[N+](=O)[O-]. The number of carboxylic acids is 1. The molecule has 1 rings (SSSR count). The number of nitrogens with zero attached hydrogens (tertiary/aromatic N) is 3. The lowest BCUT2D eigenvalue weighted by molar-refractivity contribution is -0.386. The highest BCUT2D eigenvalue weighted by Crippen LogP contribution is 2.23. The Morgan fingerprint density at radius 1 is 1.60 bits per heavy atom. The Morgan fingerprint density at radius 3 is 2.60 bits per heavy atom. The summed E-state index contributed by atoms with van der Waals surface area (Å²) in [5, 5.41) is 25.2. The van der Waals surface area contributed by atoms with E-state index in [0.717, 1.165) is 4.68 Å². The minimum absolute atomic E-state index is 0.184. The molecule has 0 saturated carbocycles. The van der Waals surface area contributed by atoms with Crippen molar-refractivity contribution in [3.8, 4) is 0 Å². The highest BCUT2D eigenvalue weighted by Gasteiger charge is 2.26. The van der Waals surface area contributed by atoms with Crippen LogP contribution in [0.4, 0.5) is 5.69 Å². The summed E-state index contributed by atoms with van der Waals surface area (Å²) in [6, 6.07) is 0. The molecule has 0 spiro atoms. The minimum atomic E-state index is -1.58. The van der Waals surface area contributed by atoms with Crippen molar-refractivity contribution in [2.24, 2.45) is 7.05 Å². The standard InChI is InChI=1S/C8H11N3O4/c1-3-4-5-6(11(14)15)7(8(12)13)10(2)9-5/h3-4H2,1-2H3,(H,12,13)/p-1.